The first-order valence-corrected chi connectivity index (χ1v) is 9.86. The van der Waals surface area contributed by atoms with Crippen LogP contribution in [0.4, 0.5) is 5.69 Å². The first-order valence-electron chi connectivity index (χ1n) is 8.38. The minimum absolute atomic E-state index is 0.116. The van der Waals surface area contributed by atoms with Crippen molar-refractivity contribution in [1.29, 1.82) is 0 Å². The summed E-state index contributed by atoms with van der Waals surface area (Å²) in [5.74, 6) is 0.480. The molecule has 7 nitrogen and oxygen atoms in total. The molecule has 1 amide bonds. The lowest BCUT2D eigenvalue weighted by Gasteiger charge is -2.12. The molecule has 8 heteroatoms. The Kier molecular flexibility index (Phi) is 7.20. The third kappa shape index (κ3) is 5.97. The maximum Gasteiger partial charge on any atom is 0.262 e. The van der Waals surface area contributed by atoms with Crippen molar-refractivity contribution < 1.29 is 22.7 Å². The maximum atomic E-state index is 12.6. The molecule has 2 rings (SSSR count). The third-order valence-electron chi connectivity index (χ3n) is 3.87. The fourth-order valence-electron chi connectivity index (χ4n) is 2.49. The molecule has 0 saturated heterocycles. The summed E-state index contributed by atoms with van der Waals surface area (Å²) in [5.41, 5.74) is 1.80. The molecule has 0 saturated carbocycles. The number of hydrogen-bond donors (Lipinski definition) is 2. The zero-order chi connectivity index (χ0) is 19.9. The largest absolute Gasteiger partial charge is 0.497 e. The summed E-state index contributed by atoms with van der Waals surface area (Å²) in [6.07, 6.45) is 0.217. The average Bonchev–Trinajstić information content (AvgIpc) is 2.63. The van der Waals surface area contributed by atoms with Gasteiger partial charge >= 0.3 is 0 Å². The van der Waals surface area contributed by atoms with Crippen molar-refractivity contribution >= 4 is 21.6 Å². The summed E-state index contributed by atoms with van der Waals surface area (Å²) in [6, 6.07) is 11.5. The summed E-state index contributed by atoms with van der Waals surface area (Å²) in [6.45, 7) is 2.62. The number of anilines is 1. The Balaban J connectivity index is 2.04. The Morgan fingerprint density at radius 3 is 2.37 bits per heavy atom. The van der Waals surface area contributed by atoms with Crippen LogP contribution in [0, 0.1) is 6.92 Å². The average molecular weight is 392 g/mol. The van der Waals surface area contributed by atoms with Crippen molar-refractivity contribution in [2.75, 3.05) is 32.1 Å². The topological polar surface area (TPSA) is 93.7 Å². The number of ether oxygens (including phenoxy) is 2. The molecule has 2 aromatic carbocycles. The normalized spacial score (nSPS) is 11.1. The van der Waals surface area contributed by atoms with Gasteiger partial charge in [-0.25, -0.2) is 8.42 Å². The minimum Gasteiger partial charge on any atom is -0.497 e. The van der Waals surface area contributed by atoms with Crippen molar-refractivity contribution in [2.24, 2.45) is 0 Å². The van der Waals surface area contributed by atoms with Crippen molar-refractivity contribution in [3.05, 3.63) is 53.6 Å². The Bertz CT molecular complexity index is 879. The SMILES string of the molecule is COCCNC(=O)Cc1ccc(NS(=O)(=O)c2ccc(OC)cc2C)cc1. The number of nitrogens with one attached hydrogen (secondary N) is 2. The van der Waals surface area contributed by atoms with E-state index < -0.39 is 10.0 Å². The first kappa shape index (κ1) is 20.7. The Morgan fingerprint density at radius 1 is 1.07 bits per heavy atom. The molecule has 2 N–H and O–H groups in total. The number of methoxy groups -OCH3 is 2. The standard InChI is InChI=1S/C19H24N2O5S/c1-14-12-17(26-3)8-9-18(14)27(23,24)21-16-6-4-15(5-7-16)13-19(22)20-10-11-25-2/h4-9,12,21H,10-11,13H2,1-3H3,(H,20,22). The molecule has 0 unspecified atom stereocenters. The van der Waals surface area contributed by atoms with Crippen LogP contribution >= 0.6 is 0 Å². The molecule has 0 radical (unpaired) electrons. The summed E-state index contributed by atoms with van der Waals surface area (Å²) in [4.78, 5) is 12.0. The van der Waals surface area contributed by atoms with Gasteiger partial charge in [-0.2, -0.15) is 0 Å². The minimum atomic E-state index is -3.72. The van der Waals surface area contributed by atoms with Gasteiger partial charge < -0.3 is 14.8 Å². The van der Waals surface area contributed by atoms with Crippen LogP contribution in [0.15, 0.2) is 47.4 Å². The molecule has 0 aliphatic heterocycles. The van der Waals surface area contributed by atoms with E-state index in [9.17, 15) is 13.2 Å². The number of carbonyl (C=O) groups is 1. The number of carbonyl (C=O) groups excluding carboxylic acids is 1. The highest BCUT2D eigenvalue weighted by molar-refractivity contribution is 7.92. The van der Waals surface area contributed by atoms with Crippen LogP contribution in [0.2, 0.25) is 0 Å². The summed E-state index contributed by atoms with van der Waals surface area (Å²) < 4.78 is 37.7. The van der Waals surface area contributed by atoms with E-state index in [1.54, 1.807) is 50.4 Å². The number of amides is 1. The molecule has 0 fully saturated rings. The van der Waals surface area contributed by atoms with Gasteiger partial charge in [-0.15, -0.1) is 0 Å². The maximum absolute atomic E-state index is 12.6. The van der Waals surface area contributed by atoms with Crippen LogP contribution in [0.25, 0.3) is 0 Å². The van der Waals surface area contributed by atoms with Crippen LogP contribution in [0.1, 0.15) is 11.1 Å². The highest BCUT2D eigenvalue weighted by Crippen LogP contribution is 2.23. The molecule has 0 heterocycles. The number of hydrogen-bond acceptors (Lipinski definition) is 5. The number of benzene rings is 2. The smallest absolute Gasteiger partial charge is 0.262 e. The highest BCUT2D eigenvalue weighted by atomic mass is 32.2. The van der Waals surface area contributed by atoms with Gasteiger partial charge in [0.05, 0.1) is 25.0 Å². The van der Waals surface area contributed by atoms with Crippen LogP contribution in [0.5, 0.6) is 5.75 Å². The number of aryl methyl sites for hydroxylation is 1. The van der Waals surface area contributed by atoms with Crippen LogP contribution in [-0.4, -0.2) is 41.7 Å². The van der Waals surface area contributed by atoms with E-state index in [1.165, 1.54) is 13.2 Å². The number of sulfonamides is 1. The molecule has 0 aliphatic rings. The second kappa shape index (κ2) is 9.38. The van der Waals surface area contributed by atoms with Crippen molar-refractivity contribution in [2.45, 2.75) is 18.2 Å². The molecule has 146 valence electrons. The van der Waals surface area contributed by atoms with E-state index in [0.29, 0.717) is 30.2 Å². The van der Waals surface area contributed by atoms with Gasteiger partial charge in [0.1, 0.15) is 5.75 Å². The zero-order valence-corrected chi connectivity index (χ0v) is 16.4. The van der Waals surface area contributed by atoms with Gasteiger partial charge in [-0.3, -0.25) is 9.52 Å². The van der Waals surface area contributed by atoms with Crippen molar-refractivity contribution in [3.8, 4) is 5.75 Å². The van der Waals surface area contributed by atoms with Crippen LogP contribution in [0.3, 0.4) is 0 Å². The second-order valence-electron chi connectivity index (χ2n) is 5.95. The van der Waals surface area contributed by atoms with E-state index >= 15 is 0 Å². The molecule has 0 spiro atoms. The lowest BCUT2D eigenvalue weighted by Crippen LogP contribution is -2.28. The summed E-state index contributed by atoms with van der Waals surface area (Å²) in [5, 5.41) is 2.74. The van der Waals surface area contributed by atoms with Gasteiger partial charge in [0.25, 0.3) is 10.0 Å². The van der Waals surface area contributed by atoms with E-state index in [2.05, 4.69) is 10.0 Å². The third-order valence-corrected chi connectivity index (χ3v) is 5.41. The van der Waals surface area contributed by atoms with E-state index in [-0.39, 0.29) is 17.2 Å². The predicted molar refractivity (Wildman–Crippen MR) is 104 cm³/mol. The summed E-state index contributed by atoms with van der Waals surface area (Å²) >= 11 is 0. The van der Waals surface area contributed by atoms with Gasteiger partial charge in [-0.1, -0.05) is 12.1 Å². The quantitative estimate of drug-likeness (QED) is 0.638. The monoisotopic (exact) mass is 392 g/mol. The van der Waals surface area contributed by atoms with Crippen LogP contribution < -0.4 is 14.8 Å². The van der Waals surface area contributed by atoms with Crippen molar-refractivity contribution in [1.82, 2.24) is 5.32 Å². The molecule has 0 bridgehead atoms. The van der Waals surface area contributed by atoms with E-state index in [0.717, 1.165) is 5.56 Å². The van der Waals surface area contributed by atoms with Crippen LogP contribution in [-0.2, 0) is 26.0 Å². The van der Waals surface area contributed by atoms with Gasteiger partial charge in [0.15, 0.2) is 0 Å². The molecule has 0 aliphatic carbocycles. The Morgan fingerprint density at radius 2 is 1.78 bits per heavy atom. The highest BCUT2D eigenvalue weighted by Gasteiger charge is 2.17. The van der Waals surface area contributed by atoms with Gasteiger partial charge in [0.2, 0.25) is 5.91 Å². The second-order valence-corrected chi connectivity index (χ2v) is 7.60. The summed E-state index contributed by atoms with van der Waals surface area (Å²) in [7, 11) is -0.621. The van der Waals surface area contributed by atoms with Crippen molar-refractivity contribution in [3.63, 3.8) is 0 Å². The predicted octanol–water partition coefficient (Wildman–Crippen LogP) is 2.11. The van der Waals surface area contributed by atoms with E-state index in [4.69, 9.17) is 9.47 Å². The molecular formula is C19H24N2O5S. The Labute approximate surface area is 159 Å². The molecule has 0 atom stereocenters. The van der Waals surface area contributed by atoms with E-state index in [1.807, 2.05) is 0 Å². The lowest BCUT2D eigenvalue weighted by molar-refractivity contribution is -0.120. The zero-order valence-electron chi connectivity index (χ0n) is 15.6. The Hall–Kier alpha value is -2.58. The first-order chi connectivity index (χ1) is 12.9. The molecule has 27 heavy (non-hydrogen) atoms. The lowest BCUT2D eigenvalue weighted by atomic mass is 10.1. The number of rotatable bonds is 9. The molecule has 0 aromatic heterocycles. The fraction of sp³-hybridized carbons (Fsp3) is 0.316. The van der Waals surface area contributed by atoms with Gasteiger partial charge in [-0.05, 0) is 48.4 Å². The molecule has 2 aromatic rings. The van der Waals surface area contributed by atoms with Gasteiger partial charge in [0, 0.05) is 19.3 Å². The molecular weight excluding hydrogens is 368 g/mol. The fourth-order valence-corrected chi connectivity index (χ4v) is 3.78.